The van der Waals surface area contributed by atoms with Gasteiger partial charge in [-0.2, -0.15) is 4.31 Å². The van der Waals surface area contributed by atoms with Gasteiger partial charge in [-0.15, -0.1) is 0 Å². The van der Waals surface area contributed by atoms with Gasteiger partial charge in [-0.05, 0) is 62.6 Å². The van der Waals surface area contributed by atoms with Crippen LogP contribution in [0.2, 0.25) is 0 Å². The molecule has 3 rings (SSSR count). The number of amides is 1. The molecule has 0 aliphatic carbocycles. The van der Waals surface area contributed by atoms with E-state index in [0.717, 1.165) is 27.8 Å². The Bertz CT molecular complexity index is 1190. The zero-order chi connectivity index (χ0) is 22.6. The van der Waals surface area contributed by atoms with Crippen molar-refractivity contribution in [2.45, 2.75) is 39.1 Å². The fraction of sp³-hybridized carbons (Fsp3) is 0.240. The quantitative estimate of drug-likeness (QED) is 0.581. The first kappa shape index (κ1) is 22.7. The average Bonchev–Trinajstić information content (AvgIpc) is 2.70. The van der Waals surface area contributed by atoms with Gasteiger partial charge in [0.2, 0.25) is 15.9 Å². The molecule has 0 fully saturated rings. The minimum absolute atomic E-state index is 0.109. The van der Waals surface area contributed by atoms with Gasteiger partial charge >= 0.3 is 0 Å². The van der Waals surface area contributed by atoms with E-state index in [9.17, 15) is 13.2 Å². The second-order valence-corrected chi connectivity index (χ2v) is 9.88. The van der Waals surface area contributed by atoms with E-state index in [1.165, 1.54) is 4.31 Å². The number of benzene rings is 3. The highest BCUT2D eigenvalue weighted by Gasteiger charge is 2.27. The van der Waals surface area contributed by atoms with Crippen LogP contribution < -0.4 is 5.32 Å². The lowest BCUT2D eigenvalue weighted by molar-refractivity contribution is -0.116. The molecule has 0 heterocycles. The van der Waals surface area contributed by atoms with Crippen LogP contribution in [0.4, 0.5) is 5.69 Å². The lowest BCUT2D eigenvalue weighted by Crippen LogP contribution is -2.37. The van der Waals surface area contributed by atoms with Crippen LogP contribution in [0.15, 0.2) is 71.6 Å². The maximum atomic E-state index is 13.4. The molecule has 1 N–H and O–H groups in total. The molecule has 0 saturated carbocycles. The summed E-state index contributed by atoms with van der Waals surface area (Å²) >= 11 is 0. The van der Waals surface area contributed by atoms with Gasteiger partial charge in [-0.25, -0.2) is 8.42 Å². The third-order valence-electron chi connectivity index (χ3n) is 5.09. The van der Waals surface area contributed by atoms with Crippen molar-refractivity contribution < 1.29 is 13.2 Å². The lowest BCUT2D eigenvalue weighted by Gasteiger charge is -2.22. The van der Waals surface area contributed by atoms with E-state index in [1.54, 1.807) is 24.3 Å². The highest BCUT2D eigenvalue weighted by molar-refractivity contribution is 7.89. The summed E-state index contributed by atoms with van der Waals surface area (Å²) in [6.07, 6.45) is 0. The van der Waals surface area contributed by atoms with Crippen LogP contribution in [0, 0.1) is 27.7 Å². The lowest BCUT2D eigenvalue weighted by atomic mass is 10.1. The van der Waals surface area contributed by atoms with Gasteiger partial charge in [-0.3, -0.25) is 4.79 Å². The van der Waals surface area contributed by atoms with E-state index in [2.05, 4.69) is 5.32 Å². The summed E-state index contributed by atoms with van der Waals surface area (Å²) in [5, 5.41) is 2.87. The standard InChI is InChI=1S/C25H28N2O3S/c1-18-9-12-23(13-10-18)31(29,30)27(16-22-7-5-6-19(2)14-22)17-25(28)26-24-15-20(3)8-11-21(24)4/h5-15H,16-17H2,1-4H3,(H,26,28). The highest BCUT2D eigenvalue weighted by atomic mass is 32.2. The molecule has 0 aliphatic heterocycles. The molecule has 162 valence electrons. The van der Waals surface area contributed by atoms with E-state index in [4.69, 9.17) is 0 Å². The summed E-state index contributed by atoms with van der Waals surface area (Å²) in [5.41, 5.74) is 5.46. The first-order chi connectivity index (χ1) is 14.6. The van der Waals surface area contributed by atoms with Crippen LogP contribution in [0.1, 0.15) is 27.8 Å². The number of anilines is 1. The molecule has 0 unspecified atom stereocenters. The minimum Gasteiger partial charge on any atom is -0.325 e. The minimum atomic E-state index is -3.86. The summed E-state index contributed by atoms with van der Waals surface area (Å²) in [6.45, 7) is 7.54. The van der Waals surface area contributed by atoms with Crippen molar-refractivity contribution in [2.24, 2.45) is 0 Å². The van der Waals surface area contributed by atoms with Crippen LogP contribution in [0.5, 0.6) is 0 Å². The normalized spacial score (nSPS) is 11.5. The number of carbonyl (C=O) groups is 1. The molecule has 0 aromatic heterocycles. The third-order valence-corrected chi connectivity index (χ3v) is 6.89. The fourth-order valence-electron chi connectivity index (χ4n) is 3.32. The molecular weight excluding hydrogens is 408 g/mol. The second kappa shape index (κ2) is 9.45. The van der Waals surface area contributed by atoms with Gasteiger partial charge in [-0.1, -0.05) is 59.7 Å². The van der Waals surface area contributed by atoms with Crippen molar-refractivity contribution in [1.82, 2.24) is 4.31 Å². The fourth-order valence-corrected chi connectivity index (χ4v) is 4.70. The Hall–Kier alpha value is -2.96. The Kier molecular flexibility index (Phi) is 6.93. The molecule has 0 spiro atoms. The molecule has 3 aromatic rings. The van der Waals surface area contributed by atoms with Gasteiger partial charge in [0.25, 0.3) is 0 Å². The van der Waals surface area contributed by atoms with E-state index < -0.39 is 10.0 Å². The Labute approximate surface area is 184 Å². The Morgan fingerprint density at radius 1 is 0.839 bits per heavy atom. The monoisotopic (exact) mass is 436 g/mol. The van der Waals surface area contributed by atoms with Crippen molar-refractivity contribution in [3.8, 4) is 0 Å². The summed E-state index contributed by atoms with van der Waals surface area (Å²) in [4.78, 5) is 13.0. The molecule has 0 bridgehead atoms. The smallest absolute Gasteiger partial charge is 0.243 e. The third kappa shape index (κ3) is 5.81. The average molecular weight is 437 g/mol. The molecule has 31 heavy (non-hydrogen) atoms. The SMILES string of the molecule is Cc1ccc(S(=O)(=O)N(CC(=O)Nc2cc(C)ccc2C)Cc2cccc(C)c2)cc1. The van der Waals surface area contributed by atoms with Crippen molar-refractivity contribution in [1.29, 1.82) is 0 Å². The van der Waals surface area contributed by atoms with Crippen LogP contribution in [-0.2, 0) is 21.4 Å². The number of nitrogens with one attached hydrogen (secondary N) is 1. The molecule has 0 saturated heterocycles. The van der Waals surface area contributed by atoms with Gasteiger partial charge < -0.3 is 5.32 Å². The molecule has 6 heteroatoms. The van der Waals surface area contributed by atoms with E-state index >= 15 is 0 Å². The molecule has 1 amide bonds. The Morgan fingerprint density at radius 3 is 2.16 bits per heavy atom. The zero-order valence-corrected chi connectivity index (χ0v) is 19.2. The number of rotatable bonds is 7. The first-order valence-electron chi connectivity index (χ1n) is 10.1. The number of hydrogen-bond acceptors (Lipinski definition) is 3. The van der Waals surface area contributed by atoms with Crippen molar-refractivity contribution in [3.05, 3.63) is 94.5 Å². The van der Waals surface area contributed by atoms with Crippen molar-refractivity contribution in [2.75, 3.05) is 11.9 Å². The predicted molar refractivity (Wildman–Crippen MR) is 124 cm³/mol. The molecule has 0 aliphatic rings. The molecule has 0 atom stereocenters. The van der Waals surface area contributed by atoms with Crippen molar-refractivity contribution >= 4 is 21.6 Å². The van der Waals surface area contributed by atoms with Gasteiger partial charge in [0.1, 0.15) is 0 Å². The maximum Gasteiger partial charge on any atom is 0.243 e. The number of aryl methyl sites for hydroxylation is 4. The Balaban J connectivity index is 1.90. The summed E-state index contributed by atoms with van der Waals surface area (Å²) < 4.78 is 28.0. The van der Waals surface area contributed by atoms with Crippen LogP contribution in [0.25, 0.3) is 0 Å². The largest absolute Gasteiger partial charge is 0.325 e. The zero-order valence-electron chi connectivity index (χ0n) is 18.3. The maximum absolute atomic E-state index is 13.4. The van der Waals surface area contributed by atoms with Gasteiger partial charge in [0, 0.05) is 12.2 Å². The molecular formula is C25H28N2O3S. The molecule has 0 radical (unpaired) electrons. The predicted octanol–water partition coefficient (Wildman–Crippen LogP) is 4.75. The van der Waals surface area contributed by atoms with E-state index in [1.807, 2.05) is 70.2 Å². The van der Waals surface area contributed by atoms with Crippen molar-refractivity contribution in [3.63, 3.8) is 0 Å². The number of hydrogen-bond donors (Lipinski definition) is 1. The number of nitrogens with zero attached hydrogens (tertiary/aromatic N) is 1. The first-order valence-corrected chi connectivity index (χ1v) is 11.6. The molecule has 3 aromatic carbocycles. The Morgan fingerprint density at radius 2 is 1.48 bits per heavy atom. The van der Waals surface area contributed by atoms with Crippen LogP contribution >= 0.6 is 0 Å². The summed E-state index contributed by atoms with van der Waals surface area (Å²) in [6, 6.07) is 20.1. The summed E-state index contributed by atoms with van der Waals surface area (Å²) in [5.74, 6) is -0.378. The number of sulfonamides is 1. The van der Waals surface area contributed by atoms with Gasteiger partial charge in [0.05, 0.1) is 11.4 Å². The van der Waals surface area contributed by atoms with E-state index in [0.29, 0.717) is 5.69 Å². The second-order valence-electron chi connectivity index (χ2n) is 7.94. The highest BCUT2D eigenvalue weighted by Crippen LogP contribution is 2.21. The molecule has 5 nitrogen and oxygen atoms in total. The van der Waals surface area contributed by atoms with E-state index in [-0.39, 0.29) is 23.9 Å². The van der Waals surface area contributed by atoms with Crippen LogP contribution in [-0.4, -0.2) is 25.2 Å². The summed E-state index contributed by atoms with van der Waals surface area (Å²) in [7, 11) is -3.86. The number of carbonyl (C=O) groups excluding carboxylic acids is 1. The van der Waals surface area contributed by atoms with Crippen LogP contribution in [0.3, 0.4) is 0 Å². The topological polar surface area (TPSA) is 66.5 Å². The van der Waals surface area contributed by atoms with Gasteiger partial charge in [0.15, 0.2) is 0 Å².